The van der Waals surface area contributed by atoms with Crippen LogP contribution in [-0.4, -0.2) is 25.0 Å². The van der Waals surface area contributed by atoms with Crippen molar-refractivity contribution in [2.75, 3.05) is 13.2 Å². The van der Waals surface area contributed by atoms with Crippen LogP contribution in [0.25, 0.3) is 0 Å². The van der Waals surface area contributed by atoms with Crippen LogP contribution in [0.15, 0.2) is 60.7 Å². The molecule has 3 aromatic rings. The molecule has 188 valence electrons. The number of carbonyl (C=O) groups is 2. The number of alkyl halides is 3. The molecule has 0 fully saturated rings. The van der Waals surface area contributed by atoms with Crippen LogP contribution in [0, 0.1) is 0 Å². The summed E-state index contributed by atoms with van der Waals surface area (Å²) in [5.74, 6) is -1.41. The van der Waals surface area contributed by atoms with E-state index in [0.29, 0.717) is 28.2 Å². The largest absolute Gasteiger partial charge is 1.00 e. The number of carbonyl (C=O) groups excluding carboxylic acids is 2. The van der Waals surface area contributed by atoms with Crippen LogP contribution in [0.1, 0.15) is 39.4 Å². The third kappa shape index (κ3) is 7.19. The molecule has 1 unspecified atom stereocenters. The fraction of sp³-hybridized carbons (Fsp3) is 0.231. The topological polar surface area (TPSA) is 87.7 Å². The Balaban J connectivity index is 0.00000380. The number of fused-ring (bicyclic) bond motifs is 1. The molecule has 0 aliphatic carbocycles. The van der Waals surface area contributed by atoms with Crippen LogP contribution in [0.5, 0.6) is 17.2 Å². The minimum Gasteiger partial charge on any atom is -0.549 e. The summed E-state index contributed by atoms with van der Waals surface area (Å²) in [5, 5.41) is 14.2. The van der Waals surface area contributed by atoms with Crippen molar-refractivity contribution in [1.82, 2.24) is 5.32 Å². The molecule has 11 heteroatoms. The molecule has 37 heavy (non-hydrogen) atoms. The molecule has 4 rings (SSSR count). The SMILES string of the molecule is O=C(NCCc1cccc(C(F)(F)F)c1)c1ccc(Oc2cc3c(cc2Cl)C(C(=O)[O-])CCO3)cc1.[Na+]. The number of carboxylic acids is 1. The molecule has 0 bridgehead atoms. The summed E-state index contributed by atoms with van der Waals surface area (Å²) >= 11 is 6.28. The Morgan fingerprint density at radius 2 is 1.84 bits per heavy atom. The predicted octanol–water partition coefficient (Wildman–Crippen LogP) is 1.74. The second kappa shape index (κ2) is 12.2. The average molecular weight is 542 g/mol. The molecule has 0 saturated heterocycles. The number of amides is 1. The number of benzene rings is 3. The minimum atomic E-state index is -4.42. The molecule has 1 heterocycles. The van der Waals surface area contributed by atoms with E-state index in [9.17, 15) is 27.9 Å². The molecule has 1 atom stereocenters. The first-order valence-electron chi connectivity index (χ1n) is 11.0. The van der Waals surface area contributed by atoms with Gasteiger partial charge >= 0.3 is 35.7 Å². The number of aliphatic carboxylic acids is 1. The summed E-state index contributed by atoms with van der Waals surface area (Å²) in [6.45, 7) is 0.389. The van der Waals surface area contributed by atoms with E-state index in [-0.39, 0.29) is 72.2 Å². The summed E-state index contributed by atoms with van der Waals surface area (Å²) in [7, 11) is 0. The van der Waals surface area contributed by atoms with Gasteiger partial charge in [0, 0.05) is 35.6 Å². The summed E-state index contributed by atoms with van der Waals surface area (Å²) in [5.41, 5.74) is 0.496. The number of halogens is 4. The Kier molecular flexibility index (Phi) is 9.52. The Hall–Kier alpha value is -2.72. The zero-order chi connectivity index (χ0) is 25.9. The predicted molar refractivity (Wildman–Crippen MR) is 123 cm³/mol. The molecule has 1 amide bonds. The Morgan fingerprint density at radius 3 is 2.51 bits per heavy atom. The van der Waals surface area contributed by atoms with Gasteiger partial charge in [0.25, 0.3) is 5.91 Å². The molecule has 6 nitrogen and oxygen atoms in total. The van der Waals surface area contributed by atoms with Gasteiger partial charge in [-0.15, -0.1) is 0 Å². The molecular formula is C26H20ClF3NNaO5. The quantitative estimate of drug-likeness (QED) is 0.461. The number of hydrogen-bond donors (Lipinski definition) is 1. The van der Waals surface area contributed by atoms with E-state index >= 15 is 0 Å². The van der Waals surface area contributed by atoms with Crippen LogP contribution in [0.4, 0.5) is 13.2 Å². The van der Waals surface area contributed by atoms with Crippen molar-refractivity contribution in [3.05, 3.63) is 87.9 Å². The first-order valence-corrected chi connectivity index (χ1v) is 11.4. The summed E-state index contributed by atoms with van der Waals surface area (Å²) in [4.78, 5) is 23.8. The van der Waals surface area contributed by atoms with E-state index < -0.39 is 23.6 Å². The van der Waals surface area contributed by atoms with Gasteiger partial charge in [-0.3, -0.25) is 4.79 Å². The van der Waals surface area contributed by atoms with E-state index in [1.165, 1.54) is 30.3 Å². The average Bonchev–Trinajstić information content (AvgIpc) is 2.84. The normalized spacial score (nSPS) is 14.5. The van der Waals surface area contributed by atoms with E-state index in [2.05, 4.69) is 5.32 Å². The minimum absolute atomic E-state index is 0. The monoisotopic (exact) mass is 541 g/mol. The van der Waals surface area contributed by atoms with Crippen LogP contribution in [0.2, 0.25) is 5.02 Å². The van der Waals surface area contributed by atoms with Gasteiger partial charge in [-0.1, -0.05) is 29.8 Å². The van der Waals surface area contributed by atoms with Crippen LogP contribution < -0.4 is 49.5 Å². The van der Waals surface area contributed by atoms with Crippen molar-refractivity contribution in [1.29, 1.82) is 0 Å². The maximum atomic E-state index is 12.8. The molecular weight excluding hydrogens is 522 g/mol. The number of carboxylic acid groups (broad SMARTS) is 1. The molecule has 0 spiro atoms. The van der Waals surface area contributed by atoms with Gasteiger partial charge in [0.1, 0.15) is 17.2 Å². The number of ether oxygens (including phenoxy) is 2. The summed E-state index contributed by atoms with van der Waals surface area (Å²) in [6.07, 6.45) is -3.89. The Morgan fingerprint density at radius 1 is 1.11 bits per heavy atom. The number of rotatable bonds is 7. The molecule has 1 aliphatic heterocycles. The Labute approximate surface area is 238 Å². The number of hydrogen-bond acceptors (Lipinski definition) is 5. The smallest absolute Gasteiger partial charge is 0.549 e. The van der Waals surface area contributed by atoms with Crippen molar-refractivity contribution in [3.8, 4) is 17.2 Å². The van der Waals surface area contributed by atoms with Crippen molar-refractivity contribution >= 4 is 23.5 Å². The van der Waals surface area contributed by atoms with Gasteiger partial charge in [0.2, 0.25) is 0 Å². The van der Waals surface area contributed by atoms with Crippen LogP contribution in [0.3, 0.4) is 0 Å². The Bertz CT molecular complexity index is 1280. The standard InChI is InChI=1S/C26H21ClF3NO5.Na/c27-21-13-20-19(25(33)34)9-11-35-22(20)14-23(21)36-18-6-4-16(5-7-18)24(32)31-10-8-15-2-1-3-17(12-15)26(28,29)30;/h1-7,12-14,19H,8-11H2,(H,31,32)(H,33,34);/q;+1/p-1. The molecule has 1 N–H and O–H groups in total. The van der Waals surface area contributed by atoms with E-state index in [1.54, 1.807) is 18.2 Å². The van der Waals surface area contributed by atoms with E-state index in [1.807, 2.05) is 0 Å². The van der Waals surface area contributed by atoms with Gasteiger partial charge < -0.3 is 24.7 Å². The van der Waals surface area contributed by atoms with Crippen LogP contribution in [-0.2, 0) is 17.4 Å². The first kappa shape index (κ1) is 28.8. The molecule has 3 aromatic carbocycles. The number of nitrogens with one attached hydrogen (secondary N) is 1. The van der Waals surface area contributed by atoms with Crippen molar-refractivity contribution in [2.24, 2.45) is 0 Å². The van der Waals surface area contributed by atoms with Gasteiger partial charge in [0.05, 0.1) is 17.2 Å². The zero-order valence-corrected chi connectivity index (χ0v) is 22.5. The zero-order valence-electron chi connectivity index (χ0n) is 19.7. The fourth-order valence-electron chi connectivity index (χ4n) is 3.84. The van der Waals surface area contributed by atoms with Crippen molar-refractivity contribution in [2.45, 2.75) is 24.9 Å². The fourth-order valence-corrected chi connectivity index (χ4v) is 4.05. The second-order valence-electron chi connectivity index (χ2n) is 8.16. The maximum absolute atomic E-state index is 12.8. The van der Waals surface area contributed by atoms with E-state index in [0.717, 1.165) is 12.1 Å². The summed E-state index contributed by atoms with van der Waals surface area (Å²) in [6, 6.07) is 14.1. The second-order valence-corrected chi connectivity index (χ2v) is 8.57. The van der Waals surface area contributed by atoms with Crippen molar-refractivity contribution < 1.29 is 66.9 Å². The van der Waals surface area contributed by atoms with Gasteiger partial charge in [-0.2, -0.15) is 13.2 Å². The van der Waals surface area contributed by atoms with E-state index in [4.69, 9.17) is 21.1 Å². The van der Waals surface area contributed by atoms with Gasteiger partial charge in [-0.25, -0.2) is 0 Å². The van der Waals surface area contributed by atoms with Crippen molar-refractivity contribution in [3.63, 3.8) is 0 Å². The van der Waals surface area contributed by atoms with Crippen LogP contribution >= 0.6 is 11.6 Å². The maximum Gasteiger partial charge on any atom is 1.00 e. The third-order valence-electron chi connectivity index (χ3n) is 5.69. The third-order valence-corrected chi connectivity index (χ3v) is 5.98. The molecule has 0 radical (unpaired) electrons. The molecule has 0 aromatic heterocycles. The summed E-state index contributed by atoms with van der Waals surface area (Å²) < 4.78 is 49.8. The molecule has 1 aliphatic rings. The van der Waals surface area contributed by atoms with Gasteiger partial charge in [-0.05, 0) is 54.8 Å². The molecule has 0 saturated carbocycles. The van der Waals surface area contributed by atoms with Gasteiger partial charge in [0.15, 0.2) is 0 Å². The first-order chi connectivity index (χ1) is 17.1.